The Balaban J connectivity index is 1.31. The van der Waals surface area contributed by atoms with Crippen LogP contribution in [-0.2, 0) is 4.79 Å². The molecule has 0 radical (unpaired) electrons. The summed E-state index contributed by atoms with van der Waals surface area (Å²) in [7, 11) is 1.70. The molecule has 1 aromatic rings. The van der Waals surface area contributed by atoms with Gasteiger partial charge in [0.1, 0.15) is 0 Å². The quantitative estimate of drug-likeness (QED) is 0.584. The topological polar surface area (TPSA) is 53.2 Å². The van der Waals surface area contributed by atoms with E-state index < -0.39 is 0 Å². The van der Waals surface area contributed by atoms with Gasteiger partial charge in [0.05, 0.1) is 0 Å². The van der Waals surface area contributed by atoms with Crippen molar-refractivity contribution >= 4 is 12.0 Å². The van der Waals surface area contributed by atoms with Gasteiger partial charge in [0.2, 0.25) is 5.91 Å². The normalized spacial score (nSPS) is 28.0. The fourth-order valence-corrected chi connectivity index (χ4v) is 4.25. The Morgan fingerprint density at radius 3 is 2.52 bits per heavy atom. The van der Waals surface area contributed by atoms with E-state index in [1.165, 1.54) is 43.2 Å². The molecule has 2 fully saturated rings. The second-order valence-electron chi connectivity index (χ2n) is 8.19. The maximum Gasteiger partial charge on any atom is 0.219 e. The maximum atomic E-state index is 11.2. The van der Waals surface area contributed by atoms with Crippen LogP contribution in [0.3, 0.4) is 0 Å². The second-order valence-corrected chi connectivity index (χ2v) is 8.19. The lowest BCUT2D eigenvalue weighted by Gasteiger charge is -2.30. The van der Waals surface area contributed by atoms with Crippen LogP contribution in [0.4, 0.5) is 0 Å². The van der Waals surface area contributed by atoms with Crippen molar-refractivity contribution in [2.24, 2.45) is 5.92 Å². The lowest BCUT2D eigenvalue weighted by Crippen LogP contribution is -2.41. The predicted octanol–water partition coefficient (Wildman–Crippen LogP) is 3.50. The van der Waals surface area contributed by atoms with Gasteiger partial charge in [-0.2, -0.15) is 0 Å². The summed E-state index contributed by atoms with van der Waals surface area (Å²) in [6.45, 7) is 3.23. The summed E-state index contributed by atoms with van der Waals surface area (Å²) in [6, 6.07) is 12.6. The largest absolute Gasteiger partial charge is 0.359 e. The van der Waals surface area contributed by atoms with E-state index in [1.54, 1.807) is 7.05 Å². The van der Waals surface area contributed by atoms with Crippen LogP contribution in [0.5, 0.6) is 0 Å². The van der Waals surface area contributed by atoms with Gasteiger partial charge in [0.25, 0.3) is 0 Å². The average molecular weight is 370 g/mol. The Morgan fingerprint density at radius 2 is 1.81 bits per heavy atom. The van der Waals surface area contributed by atoms with Crippen LogP contribution in [0.25, 0.3) is 6.08 Å². The van der Waals surface area contributed by atoms with E-state index in [0.717, 1.165) is 13.0 Å². The monoisotopic (exact) mass is 369 g/mol. The minimum absolute atomic E-state index is 0.139. The molecular weight excluding hydrogens is 334 g/mol. The molecule has 2 aliphatic carbocycles. The molecule has 0 spiro atoms. The number of nitrogens with one attached hydrogen (secondary N) is 3. The number of hydrogen-bond acceptors (Lipinski definition) is 3. The average Bonchev–Trinajstić information content (AvgIpc) is 3.46. The molecule has 0 aromatic heterocycles. The SMILES string of the molecule is CNC(=O)CCCNC1CCC(N[C@@H]2C[C@H]2/C(C)=C/c2ccccc2)CC1. The van der Waals surface area contributed by atoms with Gasteiger partial charge < -0.3 is 16.0 Å². The van der Waals surface area contributed by atoms with E-state index in [1.807, 2.05) is 0 Å². The number of benzene rings is 1. The highest BCUT2D eigenvalue weighted by atomic mass is 16.1. The lowest BCUT2D eigenvalue weighted by molar-refractivity contribution is -0.120. The van der Waals surface area contributed by atoms with Crippen LogP contribution in [0.15, 0.2) is 35.9 Å². The second kappa shape index (κ2) is 10.0. The molecule has 2 saturated carbocycles. The summed E-state index contributed by atoms with van der Waals surface area (Å²) in [6.07, 6.45) is 10.2. The molecule has 0 saturated heterocycles. The van der Waals surface area contributed by atoms with Crippen molar-refractivity contribution in [3.8, 4) is 0 Å². The van der Waals surface area contributed by atoms with Gasteiger partial charge in [-0.15, -0.1) is 0 Å². The van der Waals surface area contributed by atoms with Crippen LogP contribution in [0.1, 0.15) is 57.4 Å². The van der Waals surface area contributed by atoms with Crippen molar-refractivity contribution in [3.63, 3.8) is 0 Å². The van der Waals surface area contributed by atoms with Crippen molar-refractivity contribution in [2.75, 3.05) is 13.6 Å². The van der Waals surface area contributed by atoms with Crippen LogP contribution in [0.2, 0.25) is 0 Å². The Kier molecular flexibility index (Phi) is 7.48. The predicted molar refractivity (Wildman–Crippen MR) is 112 cm³/mol. The summed E-state index contributed by atoms with van der Waals surface area (Å²) in [4.78, 5) is 11.2. The van der Waals surface area contributed by atoms with Crippen molar-refractivity contribution in [2.45, 2.75) is 70.0 Å². The van der Waals surface area contributed by atoms with Crippen LogP contribution < -0.4 is 16.0 Å². The van der Waals surface area contributed by atoms with E-state index in [-0.39, 0.29) is 5.91 Å². The molecule has 1 aromatic carbocycles. The maximum absolute atomic E-state index is 11.2. The molecule has 148 valence electrons. The van der Waals surface area contributed by atoms with Gasteiger partial charge in [-0.3, -0.25) is 4.79 Å². The molecule has 1 amide bonds. The molecule has 3 rings (SSSR count). The molecule has 3 N–H and O–H groups in total. The summed E-state index contributed by atoms with van der Waals surface area (Å²) in [5.74, 6) is 0.853. The van der Waals surface area contributed by atoms with Crippen molar-refractivity contribution in [1.82, 2.24) is 16.0 Å². The Morgan fingerprint density at radius 1 is 1.11 bits per heavy atom. The molecule has 4 nitrogen and oxygen atoms in total. The molecule has 2 aliphatic rings. The zero-order valence-electron chi connectivity index (χ0n) is 16.8. The van der Waals surface area contributed by atoms with E-state index in [4.69, 9.17) is 0 Å². The number of hydrogen-bond donors (Lipinski definition) is 3. The van der Waals surface area contributed by atoms with Gasteiger partial charge in [0.15, 0.2) is 0 Å². The smallest absolute Gasteiger partial charge is 0.219 e. The van der Waals surface area contributed by atoms with Crippen LogP contribution >= 0.6 is 0 Å². The van der Waals surface area contributed by atoms with Crippen LogP contribution in [-0.4, -0.2) is 37.6 Å². The molecular formula is C23H35N3O. The molecule has 4 heteroatoms. The summed E-state index contributed by atoms with van der Waals surface area (Å²) < 4.78 is 0. The lowest BCUT2D eigenvalue weighted by atomic mass is 9.91. The number of rotatable bonds is 9. The van der Waals surface area contributed by atoms with E-state index in [2.05, 4.69) is 59.3 Å². The Hall–Kier alpha value is -1.65. The summed E-state index contributed by atoms with van der Waals surface area (Å²) >= 11 is 0. The first-order chi connectivity index (χ1) is 13.2. The van der Waals surface area contributed by atoms with Crippen LogP contribution in [0, 0.1) is 5.92 Å². The summed E-state index contributed by atoms with van der Waals surface area (Å²) in [5, 5.41) is 10.2. The van der Waals surface area contributed by atoms with Crippen molar-refractivity contribution < 1.29 is 4.79 Å². The van der Waals surface area contributed by atoms with Crippen molar-refractivity contribution in [3.05, 3.63) is 41.5 Å². The zero-order valence-corrected chi connectivity index (χ0v) is 16.8. The van der Waals surface area contributed by atoms with Gasteiger partial charge in [-0.05, 0) is 63.5 Å². The first-order valence-electron chi connectivity index (χ1n) is 10.6. The molecule has 2 atom stereocenters. The van der Waals surface area contributed by atoms with Crippen molar-refractivity contribution in [1.29, 1.82) is 0 Å². The molecule has 27 heavy (non-hydrogen) atoms. The first-order valence-corrected chi connectivity index (χ1v) is 10.6. The number of amides is 1. The van der Waals surface area contributed by atoms with Gasteiger partial charge in [-0.1, -0.05) is 42.0 Å². The minimum Gasteiger partial charge on any atom is -0.359 e. The van der Waals surface area contributed by atoms with E-state index in [0.29, 0.717) is 30.5 Å². The van der Waals surface area contributed by atoms with Gasteiger partial charge in [0, 0.05) is 31.6 Å². The molecule has 0 heterocycles. The number of carbonyl (C=O) groups excluding carboxylic acids is 1. The van der Waals surface area contributed by atoms with E-state index in [9.17, 15) is 4.79 Å². The first kappa shape index (κ1) is 20.1. The summed E-state index contributed by atoms with van der Waals surface area (Å²) in [5.41, 5.74) is 2.81. The van der Waals surface area contributed by atoms with E-state index >= 15 is 0 Å². The zero-order chi connectivity index (χ0) is 19.1. The third-order valence-electron chi connectivity index (χ3n) is 6.04. The molecule has 0 unspecified atom stereocenters. The highest BCUT2D eigenvalue weighted by Crippen LogP contribution is 2.39. The Bertz CT molecular complexity index is 620. The fraction of sp³-hybridized carbons (Fsp3) is 0.609. The highest BCUT2D eigenvalue weighted by Gasteiger charge is 2.39. The third-order valence-corrected chi connectivity index (χ3v) is 6.04. The number of carbonyl (C=O) groups is 1. The van der Waals surface area contributed by atoms with Gasteiger partial charge >= 0.3 is 0 Å². The standard InChI is InChI=1S/C23H35N3O/c1-17(15-18-7-4-3-5-8-18)21-16-22(21)26-20-12-10-19(11-13-20)25-14-6-9-23(27)24-2/h3-5,7-8,15,19-22,25-26H,6,9-14,16H2,1-2H3,(H,24,27)/b17-15+/t19?,20?,21-,22+/m0/s1. The third kappa shape index (κ3) is 6.47. The Labute approximate surface area is 164 Å². The van der Waals surface area contributed by atoms with Gasteiger partial charge in [-0.25, -0.2) is 0 Å². The highest BCUT2D eigenvalue weighted by molar-refractivity contribution is 5.75. The fourth-order valence-electron chi connectivity index (χ4n) is 4.25. The minimum atomic E-state index is 0.139. The molecule has 0 bridgehead atoms. The molecule has 0 aliphatic heterocycles.